The summed E-state index contributed by atoms with van der Waals surface area (Å²) in [5.41, 5.74) is 0. The first-order valence-electron chi connectivity index (χ1n) is 6.35. The maximum Gasteiger partial charge on any atom is 0.235 e. The summed E-state index contributed by atoms with van der Waals surface area (Å²) in [6, 6.07) is 1.59. The number of methoxy groups -OCH3 is 2. The van der Waals surface area contributed by atoms with E-state index >= 15 is 0 Å². The molecule has 0 spiro atoms. The van der Waals surface area contributed by atoms with Gasteiger partial charge in [-0.05, 0) is 25.1 Å². The molecule has 0 aromatic carbocycles. The lowest BCUT2D eigenvalue weighted by atomic mass is 10.2. The van der Waals surface area contributed by atoms with Crippen LogP contribution in [0.1, 0.15) is 12.8 Å². The van der Waals surface area contributed by atoms with E-state index in [1.54, 1.807) is 6.07 Å². The topological polar surface area (TPSA) is 77.5 Å². The Hall–Kier alpha value is -1.67. The van der Waals surface area contributed by atoms with E-state index in [-0.39, 0.29) is 6.10 Å². The molecule has 0 unspecified atom stereocenters. The van der Waals surface area contributed by atoms with E-state index < -0.39 is 0 Å². The Balaban J connectivity index is 1.89. The van der Waals surface area contributed by atoms with Gasteiger partial charge in [0.1, 0.15) is 0 Å². The summed E-state index contributed by atoms with van der Waals surface area (Å²) < 4.78 is 15.6. The number of rotatable bonds is 5. The number of thiocarbonyl (C=S) groups is 1. The first kappa shape index (κ1) is 14.7. The van der Waals surface area contributed by atoms with E-state index in [0.717, 1.165) is 19.4 Å². The fourth-order valence-corrected chi connectivity index (χ4v) is 2.00. The van der Waals surface area contributed by atoms with Crippen LogP contribution in [-0.4, -0.2) is 48.6 Å². The fraction of sp³-hybridized carbons (Fsp3) is 0.583. The van der Waals surface area contributed by atoms with Crippen molar-refractivity contribution in [1.29, 1.82) is 0 Å². The smallest absolute Gasteiger partial charge is 0.235 e. The third kappa shape index (κ3) is 4.17. The molecule has 110 valence electrons. The molecule has 1 saturated heterocycles. The highest BCUT2D eigenvalue weighted by Gasteiger charge is 2.15. The van der Waals surface area contributed by atoms with Crippen LogP contribution in [0.5, 0.6) is 11.8 Å². The molecule has 7 nitrogen and oxygen atoms in total. The Morgan fingerprint density at radius 1 is 1.40 bits per heavy atom. The van der Waals surface area contributed by atoms with Gasteiger partial charge in [0.25, 0.3) is 0 Å². The van der Waals surface area contributed by atoms with Crippen molar-refractivity contribution in [1.82, 2.24) is 15.3 Å². The maximum absolute atomic E-state index is 5.51. The molecule has 0 aliphatic carbocycles. The molecule has 2 heterocycles. The Kier molecular flexibility index (Phi) is 5.31. The minimum Gasteiger partial charge on any atom is -0.481 e. The lowest BCUT2D eigenvalue weighted by Gasteiger charge is -2.13. The van der Waals surface area contributed by atoms with Gasteiger partial charge in [0.15, 0.2) is 5.11 Å². The number of nitrogens with zero attached hydrogens (tertiary/aromatic N) is 2. The second-order valence-electron chi connectivity index (χ2n) is 4.25. The molecule has 8 heteroatoms. The standard InChI is InChI=1S/C12H18N4O3S/c1-17-9-6-10(18-2)15-11(14-9)16-12(20)13-7-8-4-3-5-19-8/h6,8H,3-5,7H2,1-2H3,(H2,13,14,15,16,20)/t8-/m0/s1. The number of nitrogens with one attached hydrogen (secondary N) is 2. The average Bonchev–Trinajstić information content (AvgIpc) is 2.98. The summed E-state index contributed by atoms with van der Waals surface area (Å²) in [4.78, 5) is 8.27. The molecule has 20 heavy (non-hydrogen) atoms. The molecule has 2 rings (SSSR count). The highest BCUT2D eigenvalue weighted by atomic mass is 32.1. The molecule has 1 atom stereocenters. The van der Waals surface area contributed by atoms with Gasteiger partial charge in [0, 0.05) is 13.2 Å². The Labute approximate surface area is 123 Å². The number of aromatic nitrogens is 2. The van der Waals surface area contributed by atoms with E-state index in [1.165, 1.54) is 14.2 Å². The maximum atomic E-state index is 5.51. The molecule has 1 aromatic heterocycles. The Morgan fingerprint density at radius 3 is 2.65 bits per heavy atom. The van der Waals surface area contributed by atoms with Crippen molar-refractivity contribution in [2.24, 2.45) is 0 Å². The van der Waals surface area contributed by atoms with Crippen molar-refractivity contribution in [2.45, 2.75) is 18.9 Å². The molecule has 2 N–H and O–H groups in total. The average molecular weight is 298 g/mol. The highest BCUT2D eigenvalue weighted by molar-refractivity contribution is 7.80. The molecule has 0 radical (unpaired) electrons. The molecule has 0 bridgehead atoms. The van der Waals surface area contributed by atoms with Crippen LogP contribution in [0.15, 0.2) is 6.07 Å². The minimum atomic E-state index is 0.218. The van der Waals surface area contributed by atoms with Crippen LogP contribution >= 0.6 is 12.2 Å². The first-order chi connectivity index (χ1) is 9.71. The second kappa shape index (κ2) is 7.20. The summed E-state index contributed by atoms with van der Waals surface area (Å²) in [5, 5.41) is 6.42. The zero-order valence-corrected chi connectivity index (χ0v) is 12.3. The van der Waals surface area contributed by atoms with Crippen molar-refractivity contribution in [3.63, 3.8) is 0 Å². The summed E-state index contributed by atoms with van der Waals surface area (Å²) >= 11 is 5.19. The summed E-state index contributed by atoms with van der Waals surface area (Å²) in [7, 11) is 3.05. The first-order valence-corrected chi connectivity index (χ1v) is 6.75. The predicted molar refractivity (Wildman–Crippen MR) is 78.3 cm³/mol. The van der Waals surface area contributed by atoms with Crippen molar-refractivity contribution < 1.29 is 14.2 Å². The van der Waals surface area contributed by atoms with Gasteiger partial charge in [-0.1, -0.05) is 0 Å². The van der Waals surface area contributed by atoms with E-state index in [1.807, 2.05) is 0 Å². The highest BCUT2D eigenvalue weighted by Crippen LogP contribution is 2.17. The van der Waals surface area contributed by atoms with Crippen LogP contribution in [0, 0.1) is 0 Å². The van der Waals surface area contributed by atoms with Crippen molar-refractivity contribution >= 4 is 23.3 Å². The van der Waals surface area contributed by atoms with Crippen molar-refractivity contribution in [3.05, 3.63) is 6.07 Å². The molecule has 1 aromatic rings. The van der Waals surface area contributed by atoms with E-state index in [2.05, 4.69) is 20.6 Å². The van der Waals surface area contributed by atoms with Gasteiger partial charge >= 0.3 is 0 Å². The number of ether oxygens (including phenoxy) is 3. The molecule has 1 aliphatic heterocycles. The predicted octanol–water partition coefficient (Wildman–Crippen LogP) is 0.959. The Morgan fingerprint density at radius 2 is 2.10 bits per heavy atom. The zero-order valence-electron chi connectivity index (χ0n) is 11.5. The van der Waals surface area contributed by atoms with Crippen LogP contribution in [0.3, 0.4) is 0 Å². The quantitative estimate of drug-likeness (QED) is 0.778. The third-order valence-electron chi connectivity index (χ3n) is 2.84. The fourth-order valence-electron chi connectivity index (χ4n) is 1.83. The summed E-state index contributed by atoms with van der Waals surface area (Å²) in [6.07, 6.45) is 2.37. The van der Waals surface area contributed by atoms with Gasteiger partial charge in [0.05, 0.1) is 26.4 Å². The molecular formula is C12H18N4O3S. The van der Waals surface area contributed by atoms with Gasteiger partial charge in [-0.25, -0.2) is 0 Å². The number of anilines is 1. The third-order valence-corrected chi connectivity index (χ3v) is 3.08. The summed E-state index contributed by atoms with van der Waals surface area (Å²) in [5.74, 6) is 1.13. The van der Waals surface area contributed by atoms with Gasteiger partial charge in [-0.2, -0.15) is 9.97 Å². The minimum absolute atomic E-state index is 0.218. The van der Waals surface area contributed by atoms with Gasteiger partial charge in [0.2, 0.25) is 17.7 Å². The van der Waals surface area contributed by atoms with Crippen LogP contribution in [0.4, 0.5) is 5.95 Å². The molecule has 0 saturated carbocycles. The second-order valence-corrected chi connectivity index (χ2v) is 4.65. The summed E-state index contributed by atoms with van der Waals surface area (Å²) in [6.45, 7) is 1.50. The van der Waals surface area contributed by atoms with Crippen LogP contribution in [0.2, 0.25) is 0 Å². The van der Waals surface area contributed by atoms with Crippen LogP contribution < -0.4 is 20.1 Å². The monoisotopic (exact) mass is 298 g/mol. The van der Waals surface area contributed by atoms with Crippen LogP contribution in [-0.2, 0) is 4.74 Å². The number of hydrogen-bond donors (Lipinski definition) is 2. The van der Waals surface area contributed by atoms with E-state index in [4.69, 9.17) is 26.4 Å². The normalized spacial score (nSPS) is 17.6. The van der Waals surface area contributed by atoms with Gasteiger partial charge in [-0.15, -0.1) is 0 Å². The van der Waals surface area contributed by atoms with E-state index in [0.29, 0.717) is 29.4 Å². The van der Waals surface area contributed by atoms with E-state index in [9.17, 15) is 0 Å². The Bertz CT molecular complexity index is 444. The molecular weight excluding hydrogens is 280 g/mol. The number of hydrogen-bond acceptors (Lipinski definition) is 6. The zero-order chi connectivity index (χ0) is 14.4. The molecule has 0 amide bonds. The van der Waals surface area contributed by atoms with Gasteiger partial charge < -0.3 is 24.8 Å². The lowest BCUT2D eigenvalue weighted by molar-refractivity contribution is 0.114. The van der Waals surface area contributed by atoms with Gasteiger partial charge in [-0.3, -0.25) is 0 Å². The largest absolute Gasteiger partial charge is 0.481 e. The van der Waals surface area contributed by atoms with Crippen molar-refractivity contribution in [2.75, 3.05) is 32.7 Å². The molecule has 1 fully saturated rings. The molecule has 1 aliphatic rings. The lowest BCUT2D eigenvalue weighted by Crippen LogP contribution is -2.35. The SMILES string of the molecule is COc1cc(OC)nc(NC(=S)NC[C@@H]2CCCO2)n1. The van der Waals surface area contributed by atoms with Crippen molar-refractivity contribution in [3.8, 4) is 11.8 Å². The van der Waals surface area contributed by atoms with Crippen LogP contribution in [0.25, 0.3) is 0 Å².